The summed E-state index contributed by atoms with van der Waals surface area (Å²) < 4.78 is 0.324. The van der Waals surface area contributed by atoms with Crippen molar-refractivity contribution in [2.75, 3.05) is 26.4 Å². The number of carbonyl (C=O) groups is 1. The molecule has 0 saturated heterocycles. The summed E-state index contributed by atoms with van der Waals surface area (Å²) >= 11 is 1.94. The van der Waals surface area contributed by atoms with Gasteiger partial charge in [-0.05, 0) is 6.92 Å². The largest absolute Gasteiger partial charge is 0.349 e. The van der Waals surface area contributed by atoms with Crippen molar-refractivity contribution in [3.63, 3.8) is 0 Å². The zero-order chi connectivity index (χ0) is 12.8. The van der Waals surface area contributed by atoms with Gasteiger partial charge in [-0.2, -0.15) is 11.8 Å². The number of thioether (sulfide) groups is 1. The van der Waals surface area contributed by atoms with Crippen LogP contribution in [0.2, 0.25) is 0 Å². The van der Waals surface area contributed by atoms with E-state index in [0.29, 0.717) is 11.2 Å². The average Bonchev–Trinajstić information content (AvgIpc) is 2.10. The number of amides is 1. The molecule has 0 aromatic rings. The first-order chi connectivity index (χ1) is 7.22. The zero-order valence-corrected chi connectivity index (χ0v) is 12.3. The minimum absolute atomic E-state index is 0.184. The molecular formula is C12H26N2OS. The number of hydrogen-bond acceptors (Lipinski definition) is 3. The van der Waals surface area contributed by atoms with Crippen molar-refractivity contribution in [1.82, 2.24) is 10.2 Å². The molecular weight excluding hydrogens is 220 g/mol. The van der Waals surface area contributed by atoms with E-state index in [-0.39, 0.29) is 11.9 Å². The predicted octanol–water partition coefficient (Wildman–Crippen LogP) is 1.97. The second kappa shape index (κ2) is 7.17. The molecule has 1 N–H and O–H groups in total. The van der Waals surface area contributed by atoms with Crippen LogP contribution in [0.15, 0.2) is 0 Å². The van der Waals surface area contributed by atoms with Crippen molar-refractivity contribution in [1.29, 1.82) is 0 Å². The summed E-state index contributed by atoms with van der Waals surface area (Å²) in [7, 11) is 3.59. The highest BCUT2D eigenvalue weighted by atomic mass is 32.2. The first-order valence-corrected chi connectivity index (χ1v) is 6.78. The van der Waals surface area contributed by atoms with E-state index in [1.54, 1.807) is 19.0 Å². The molecule has 96 valence electrons. The normalized spacial score (nSPS) is 13.6. The van der Waals surface area contributed by atoms with Gasteiger partial charge in [0, 0.05) is 43.6 Å². The molecule has 1 amide bonds. The fraction of sp³-hybridized carbons (Fsp3) is 0.917. The van der Waals surface area contributed by atoms with Gasteiger partial charge in [-0.1, -0.05) is 20.8 Å². The Kier molecular flexibility index (Phi) is 7.07. The van der Waals surface area contributed by atoms with Gasteiger partial charge in [-0.25, -0.2) is 0 Å². The average molecular weight is 246 g/mol. The fourth-order valence-electron chi connectivity index (χ4n) is 1.18. The van der Waals surface area contributed by atoms with E-state index in [1.807, 2.05) is 11.8 Å². The van der Waals surface area contributed by atoms with E-state index in [0.717, 1.165) is 12.3 Å². The SMILES string of the molecule is CC(CC(=O)N(C)C)NCCSC(C)(C)C. The fourth-order valence-corrected chi connectivity index (χ4v) is 2.01. The van der Waals surface area contributed by atoms with E-state index in [2.05, 4.69) is 33.0 Å². The maximum Gasteiger partial charge on any atom is 0.223 e. The van der Waals surface area contributed by atoms with Crippen molar-refractivity contribution in [2.24, 2.45) is 0 Å². The van der Waals surface area contributed by atoms with Crippen LogP contribution in [0.4, 0.5) is 0 Å². The molecule has 3 nitrogen and oxygen atoms in total. The van der Waals surface area contributed by atoms with Crippen LogP contribution in [0, 0.1) is 0 Å². The van der Waals surface area contributed by atoms with Crippen LogP contribution in [-0.2, 0) is 4.79 Å². The molecule has 0 spiro atoms. The number of nitrogens with zero attached hydrogens (tertiary/aromatic N) is 1. The quantitative estimate of drug-likeness (QED) is 0.727. The second-order valence-corrected chi connectivity index (χ2v) is 7.23. The topological polar surface area (TPSA) is 32.3 Å². The molecule has 0 aliphatic heterocycles. The standard InChI is InChI=1S/C12H26N2OS/c1-10(9-11(15)14(5)6)13-7-8-16-12(2,3)4/h10,13H,7-9H2,1-6H3. The monoisotopic (exact) mass is 246 g/mol. The molecule has 0 saturated carbocycles. The molecule has 0 heterocycles. The lowest BCUT2D eigenvalue weighted by atomic mass is 10.2. The molecule has 16 heavy (non-hydrogen) atoms. The Bertz CT molecular complexity index is 212. The number of nitrogens with one attached hydrogen (secondary N) is 1. The summed E-state index contributed by atoms with van der Waals surface area (Å²) in [5.41, 5.74) is 0. The third kappa shape index (κ3) is 9.04. The predicted molar refractivity (Wildman–Crippen MR) is 73.0 cm³/mol. The third-order valence-corrected chi connectivity index (χ3v) is 3.38. The molecule has 0 radical (unpaired) electrons. The van der Waals surface area contributed by atoms with Crippen molar-refractivity contribution in [3.8, 4) is 0 Å². The molecule has 4 heteroatoms. The number of rotatable bonds is 6. The van der Waals surface area contributed by atoms with E-state index >= 15 is 0 Å². The van der Waals surface area contributed by atoms with Crippen LogP contribution in [0.3, 0.4) is 0 Å². The molecule has 0 aromatic carbocycles. The van der Waals surface area contributed by atoms with Crippen molar-refractivity contribution < 1.29 is 4.79 Å². The highest BCUT2D eigenvalue weighted by molar-refractivity contribution is 8.00. The molecule has 1 unspecified atom stereocenters. The Balaban J connectivity index is 3.59. The minimum Gasteiger partial charge on any atom is -0.349 e. The van der Waals surface area contributed by atoms with Gasteiger partial charge >= 0.3 is 0 Å². The Morgan fingerprint density at radius 3 is 2.38 bits per heavy atom. The number of carbonyl (C=O) groups excluding carboxylic acids is 1. The van der Waals surface area contributed by atoms with Gasteiger partial charge in [-0.15, -0.1) is 0 Å². The Hall–Kier alpha value is -0.220. The van der Waals surface area contributed by atoms with Gasteiger partial charge in [0.15, 0.2) is 0 Å². The second-order valence-electron chi connectivity index (χ2n) is 5.31. The highest BCUT2D eigenvalue weighted by Crippen LogP contribution is 2.22. The van der Waals surface area contributed by atoms with Gasteiger partial charge in [0.25, 0.3) is 0 Å². The van der Waals surface area contributed by atoms with E-state index in [4.69, 9.17) is 0 Å². The summed E-state index contributed by atoms with van der Waals surface area (Å²) in [6.45, 7) is 9.68. The molecule has 0 aromatic heterocycles. The van der Waals surface area contributed by atoms with Crippen LogP contribution < -0.4 is 5.32 Å². The smallest absolute Gasteiger partial charge is 0.223 e. The Morgan fingerprint density at radius 2 is 1.94 bits per heavy atom. The highest BCUT2D eigenvalue weighted by Gasteiger charge is 2.12. The Morgan fingerprint density at radius 1 is 1.38 bits per heavy atom. The lowest BCUT2D eigenvalue weighted by Gasteiger charge is -2.19. The maximum atomic E-state index is 11.4. The van der Waals surface area contributed by atoms with Crippen molar-refractivity contribution in [2.45, 2.75) is 44.9 Å². The van der Waals surface area contributed by atoms with Gasteiger partial charge in [0.1, 0.15) is 0 Å². The van der Waals surface area contributed by atoms with Crippen LogP contribution in [0.1, 0.15) is 34.1 Å². The third-order valence-electron chi connectivity index (χ3n) is 2.11. The van der Waals surface area contributed by atoms with Gasteiger partial charge < -0.3 is 10.2 Å². The van der Waals surface area contributed by atoms with E-state index in [9.17, 15) is 4.79 Å². The van der Waals surface area contributed by atoms with Crippen LogP contribution >= 0.6 is 11.8 Å². The summed E-state index contributed by atoms with van der Waals surface area (Å²) in [5, 5.41) is 3.37. The van der Waals surface area contributed by atoms with Crippen LogP contribution in [0.25, 0.3) is 0 Å². The lowest BCUT2D eigenvalue weighted by Crippen LogP contribution is -2.34. The maximum absolute atomic E-state index is 11.4. The molecule has 0 fully saturated rings. The van der Waals surface area contributed by atoms with Gasteiger partial charge in [0.2, 0.25) is 5.91 Å². The molecule has 0 rings (SSSR count). The van der Waals surface area contributed by atoms with E-state index < -0.39 is 0 Å². The first-order valence-electron chi connectivity index (χ1n) is 5.80. The van der Waals surface area contributed by atoms with Crippen molar-refractivity contribution in [3.05, 3.63) is 0 Å². The Labute approximate surface area is 104 Å². The molecule has 0 bridgehead atoms. The van der Waals surface area contributed by atoms with Crippen LogP contribution in [0.5, 0.6) is 0 Å². The van der Waals surface area contributed by atoms with Gasteiger partial charge in [-0.3, -0.25) is 4.79 Å². The molecule has 1 atom stereocenters. The summed E-state index contributed by atoms with van der Waals surface area (Å²) in [6.07, 6.45) is 0.577. The summed E-state index contributed by atoms with van der Waals surface area (Å²) in [6, 6.07) is 0.260. The summed E-state index contributed by atoms with van der Waals surface area (Å²) in [4.78, 5) is 13.1. The summed E-state index contributed by atoms with van der Waals surface area (Å²) in [5.74, 6) is 1.27. The molecule has 0 aliphatic rings. The molecule has 0 aliphatic carbocycles. The lowest BCUT2D eigenvalue weighted by molar-refractivity contribution is -0.129. The van der Waals surface area contributed by atoms with E-state index in [1.165, 1.54) is 0 Å². The first kappa shape index (κ1) is 15.8. The number of hydrogen-bond donors (Lipinski definition) is 1. The minimum atomic E-state index is 0.184. The van der Waals surface area contributed by atoms with Crippen molar-refractivity contribution >= 4 is 17.7 Å². The van der Waals surface area contributed by atoms with Crippen LogP contribution in [-0.4, -0.2) is 48.0 Å². The van der Waals surface area contributed by atoms with Gasteiger partial charge in [0.05, 0.1) is 0 Å². The zero-order valence-electron chi connectivity index (χ0n) is 11.5.